The minimum absolute atomic E-state index is 0.0297. The lowest BCUT2D eigenvalue weighted by Crippen LogP contribution is -2.12. The van der Waals surface area contributed by atoms with Crippen LogP contribution in [0.1, 0.15) is 30.9 Å². The molecule has 0 aromatic heterocycles. The Morgan fingerprint density at radius 2 is 1.82 bits per heavy atom. The van der Waals surface area contributed by atoms with E-state index < -0.39 is 11.7 Å². The molecule has 0 N–H and O–H groups in total. The van der Waals surface area contributed by atoms with Crippen LogP contribution in [0.25, 0.3) is 0 Å². The van der Waals surface area contributed by atoms with Crippen LogP contribution in [0, 0.1) is 11.8 Å². The maximum atomic E-state index is 12.4. The van der Waals surface area contributed by atoms with Gasteiger partial charge in [-0.05, 0) is 37.5 Å². The summed E-state index contributed by atoms with van der Waals surface area (Å²) in [6.45, 7) is 2.00. The average molecular weight is 314 g/mol. The van der Waals surface area contributed by atoms with E-state index in [-0.39, 0.29) is 30.0 Å². The largest absolute Gasteiger partial charge is 0.466 e. The van der Waals surface area contributed by atoms with Gasteiger partial charge >= 0.3 is 12.1 Å². The molecule has 1 aromatic carbocycles. The molecule has 0 bridgehead atoms. The zero-order chi connectivity index (χ0) is 16.3. The van der Waals surface area contributed by atoms with Crippen molar-refractivity contribution >= 4 is 11.8 Å². The fourth-order valence-electron chi connectivity index (χ4n) is 2.37. The van der Waals surface area contributed by atoms with Gasteiger partial charge < -0.3 is 4.74 Å². The van der Waals surface area contributed by atoms with E-state index in [2.05, 4.69) is 0 Å². The number of rotatable bonds is 6. The number of Topliss-reactive ketones (excluding diaryl/α,β-unsaturated/α-hetero) is 1. The number of aryl methyl sites for hydroxylation is 1. The van der Waals surface area contributed by atoms with Crippen molar-refractivity contribution in [3.05, 3.63) is 35.4 Å². The fourth-order valence-corrected chi connectivity index (χ4v) is 2.37. The molecule has 1 fully saturated rings. The van der Waals surface area contributed by atoms with Crippen molar-refractivity contribution in [2.24, 2.45) is 11.8 Å². The Bertz CT molecular complexity index is 549. The van der Waals surface area contributed by atoms with Crippen LogP contribution in [0.15, 0.2) is 24.3 Å². The van der Waals surface area contributed by atoms with Crippen LogP contribution in [0.3, 0.4) is 0 Å². The Labute approximate surface area is 126 Å². The summed E-state index contributed by atoms with van der Waals surface area (Å²) in [6, 6.07) is 4.79. The second-order valence-corrected chi connectivity index (χ2v) is 5.36. The number of benzene rings is 1. The van der Waals surface area contributed by atoms with E-state index >= 15 is 0 Å². The van der Waals surface area contributed by atoms with Crippen LogP contribution in [-0.4, -0.2) is 18.4 Å². The minimum Gasteiger partial charge on any atom is -0.466 e. The van der Waals surface area contributed by atoms with Gasteiger partial charge in [-0.15, -0.1) is 0 Å². The first-order chi connectivity index (χ1) is 10.3. The van der Waals surface area contributed by atoms with E-state index in [9.17, 15) is 22.8 Å². The van der Waals surface area contributed by atoms with Crippen molar-refractivity contribution in [3.63, 3.8) is 0 Å². The molecule has 1 saturated carbocycles. The van der Waals surface area contributed by atoms with Crippen molar-refractivity contribution in [2.75, 3.05) is 6.61 Å². The Balaban J connectivity index is 1.81. The zero-order valence-electron chi connectivity index (χ0n) is 12.2. The average Bonchev–Trinajstić information content (AvgIpc) is 3.25. The standard InChI is InChI=1S/C16H17F3O3/c1-2-22-15(21)13-9-12(13)14(20)8-5-10-3-6-11(7-4-10)16(17,18)19/h3-4,6-7,12-13H,2,5,8-9H2,1H3/t12-,13-/m0/s1. The molecule has 3 nitrogen and oxygen atoms in total. The summed E-state index contributed by atoms with van der Waals surface area (Å²) in [5.74, 6) is -0.984. The summed E-state index contributed by atoms with van der Waals surface area (Å²) in [7, 11) is 0. The predicted molar refractivity (Wildman–Crippen MR) is 73.0 cm³/mol. The van der Waals surface area contributed by atoms with Crippen LogP contribution in [0.5, 0.6) is 0 Å². The molecule has 2 rings (SSSR count). The normalized spacial score (nSPS) is 20.5. The van der Waals surface area contributed by atoms with Gasteiger partial charge in [-0.1, -0.05) is 12.1 Å². The number of esters is 1. The van der Waals surface area contributed by atoms with Crippen LogP contribution < -0.4 is 0 Å². The molecular weight excluding hydrogens is 297 g/mol. The van der Waals surface area contributed by atoms with E-state index in [0.29, 0.717) is 25.0 Å². The van der Waals surface area contributed by atoms with Gasteiger partial charge in [0.15, 0.2) is 0 Å². The number of ether oxygens (including phenoxy) is 1. The molecule has 0 radical (unpaired) electrons. The van der Waals surface area contributed by atoms with Gasteiger partial charge in [0.2, 0.25) is 0 Å². The summed E-state index contributed by atoms with van der Waals surface area (Å²) >= 11 is 0. The van der Waals surface area contributed by atoms with Crippen LogP contribution in [-0.2, 0) is 26.9 Å². The Morgan fingerprint density at radius 3 is 2.36 bits per heavy atom. The number of ketones is 1. The van der Waals surface area contributed by atoms with Crippen molar-refractivity contribution < 1.29 is 27.5 Å². The summed E-state index contributed by atoms with van der Waals surface area (Å²) in [6.07, 6.45) is -3.23. The Hall–Kier alpha value is -1.85. The zero-order valence-corrected chi connectivity index (χ0v) is 12.2. The highest BCUT2D eigenvalue weighted by Gasteiger charge is 2.48. The molecule has 0 aliphatic heterocycles. The minimum atomic E-state index is -4.35. The lowest BCUT2D eigenvalue weighted by atomic mass is 10.0. The molecule has 1 aliphatic carbocycles. The molecular formula is C16H17F3O3. The second-order valence-electron chi connectivity index (χ2n) is 5.36. The van der Waals surface area contributed by atoms with Crippen molar-refractivity contribution in [1.29, 1.82) is 0 Å². The van der Waals surface area contributed by atoms with E-state index in [4.69, 9.17) is 4.74 Å². The molecule has 2 atom stereocenters. The van der Waals surface area contributed by atoms with Gasteiger partial charge in [-0.3, -0.25) is 9.59 Å². The van der Waals surface area contributed by atoms with E-state index in [1.165, 1.54) is 12.1 Å². The predicted octanol–water partition coefficient (Wildman–Crippen LogP) is 3.41. The topological polar surface area (TPSA) is 43.4 Å². The Kier molecular flexibility index (Phi) is 4.88. The maximum Gasteiger partial charge on any atom is 0.416 e. The number of carbonyl (C=O) groups is 2. The van der Waals surface area contributed by atoms with E-state index in [1.807, 2.05) is 0 Å². The maximum absolute atomic E-state index is 12.4. The quantitative estimate of drug-likeness (QED) is 0.756. The molecule has 0 amide bonds. The van der Waals surface area contributed by atoms with Crippen LogP contribution in [0.4, 0.5) is 13.2 Å². The molecule has 0 saturated heterocycles. The monoisotopic (exact) mass is 314 g/mol. The SMILES string of the molecule is CCOC(=O)[C@H]1C[C@@H]1C(=O)CCc1ccc(C(F)(F)F)cc1. The molecule has 1 aliphatic rings. The highest BCUT2D eigenvalue weighted by Crippen LogP contribution is 2.41. The van der Waals surface area contributed by atoms with Gasteiger partial charge in [0, 0.05) is 12.3 Å². The summed E-state index contributed by atoms with van der Waals surface area (Å²) in [5, 5.41) is 0. The second kappa shape index (κ2) is 6.50. The number of alkyl halides is 3. The number of carbonyl (C=O) groups excluding carboxylic acids is 2. The lowest BCUT2D eigenvalue weighted by Gasteiger charge is -2.07. The summed E-state index contributed by atoms with van der Waals surface area (Å²) in [4.78, 5) is 23.4. The van der Waals surface area contributed by atoms with Gasteiger partial charge in [-0.25, -0.2) is 0 Å². The van der Waals surface area contributed by atoms with E-state index in [0.717, 1.165) is 12.1 Å². The third-order valence-electron chi connectivity index (χ3n) is 3.73. The number of hydrogen-bond donors (Lipinski definition) is 0. The van der Waals surface area contributed by atoms with Gasteiger partial charge in [0.1, 0.15) is 5.78 Å². The first kappa shape index (κ1) is 16.5. The van der Waals surface area contributed by atoms with Crippen molar-refractivity contribution in [2.45, 2.75) is 32.4 Å². The molecule has 120 valence electrons. The highest BCUT2D eigenvalue weighted by molar-refractivity contribution is 5.91. The molecule has 0 heterocycles. The summed E-state index contributed by atoms with van der Waals surface area (Å²) < 4.78 is 42.2. The van der Waals surface area contributed by atoms with Crippen molar-refractivity contribution in [1.82, 2.24) is 0 Å². The first-order valence-electron chi connectivity index (χ1n) is 7.18. The first-order valence-corrected chi connectivity index (χ1v) is 7.18. The van der Waals surface area contributed by atoms with Gasteiger partial charge in [0.25, 0.3) is 0 Å². The van der Waals surface area contributed by atoms with Gasteiger partial charge in [-0.2, -0.15) is 13.2 Å². The molecule has 0 spiro atoms. The Morgan fingerprint density at radius 1 is 1.18 bits per heavy atom. The van der Waals surface area contributed by atoms with Gasteiger partial charge in [0.05, 0.1) is 18.1 Å². The number of halogens is 3. The highest BCUT2D eigenvalue weighted by atomic mass is 19.4. The smallest absolute Gasteiger partial charge is 0.416 e. The van der Waals surface area contributed by atoms with Crippen LogP contribution >= 0.6 is 0 Å². The van der Waals surface area contributed by atoms with E-state index in [1.54, 1.807) is 6.92 Å². The van der Waals surface area contributed by atoms with Crippen molar-refractivity contribution in [3.8, 4) is 0 Å². The molecule has 6 heteroatoms. The third-order valence-corrected chi connectivity index (χ3v) is 3.73. The lowest BCUT2D eigenvalue weighted by molar-refractivity contribution is -0.145. The molecule has 22 heavy (non-hydrogen) atoms. The fraction of sp³-hybridized carbons (Fsp3) is 0.500. The molecule has 1 aromatic rings. The third kappa shape index (κ3) is 4.08. The summed E-state index contributed by atoms with van der Waals surface area (Å²) in [5.41, 5.74) is -0.0261. The number of hydrogen-bond acceptors (Lipinski definition) is 3. The van der Waals surface area contributed by atoms with Crippen LogP contribution in [0.2, 0.25) is 0 Å². The molecule has 0 unspecified atom stereocenters.